The number of allylic oxidation sites excluding steroid dienone is 1. The number of ether oxygens (including phenoxy) is 1. The minimum atomic E-state index is 0.429. The van der Waals surface area contributed by atoms with Crippen molar-refractivity contribution in [3.05, 3.63) is 41.7 Å². The van der Waals surface area contributed by atoms with E-state index in [9.17, 15) is 0 Å². The number of morpholine rings is 1. The van der Waals surface area contributed by atoms with Crippen LogP contribution in [0.3, 0.4) is 0 Å². The molecule has 0 saturated carbocycles. The molecule has 0 radical (unpaired) electrons. The van der Waals surface area contributed by atoms with Gasteiger partial charge in [0, 0.05) is 24.7 Å². The van der Waals surface area contributed by atoms with Crippen molar-refractivity contribution in [2.75, 3.05) is 44.3 Å². The van der Waals surface area contributed by atoms with Crippen molar-refractivity contribution >= 4 is 23.2 Å². The molecule has 0 unspecified atom stereocenters. The molecule has 7 nitrogen and oxygen atoms in total. The van der Waals surface area contributed by atoms with Crippen LogP contribution in [0.15, 0.2) is 30.6 Å². The predicted octanol–water partition coefficient (Wildman–Crippen LogP) is 2.82. The summed E-state index contributed by atoms with van der Waals surface area (Å²) >= 11 is 0. The van der Waals surface area contributed by atoms with Crippen LogP contribution in [0.4, 0.5) is 5.95 Å². The van der Waals surface area contributed by atoms with Gasteiger partial charge in [-0.05, 0) is 43.5 Å². The van der Waals surface area contributed by atoms with Gasteiger partial charge in [0.25, 0.3) is 0 Å². The lowest BCUT2D eigenvalue weighted by molar-refractivity contribution is 0.122. The number of hydrogen-bond donors (Lipinski definition) is 1. The van der Waals surface area contributed by atoms with E-state index in [1.54, 1.807) is 0 Å². The minimum Gasteiger partial charge on any atom is -0.378 e. The highest BCUT2D eigenvalue weighted by molar-refractivity contribution is 5.92. The van der Waals surface area contributed by atoms with Crippen LogP contribution in [-0.4, -0.2) is 58.9 Å². The molecular formula is C23H26N6O. The first-order valence-electron chi connectivity index (χ1n) is 11.0. The maximum Gasteiger partial charge on any atom is 0.228 e. The normalized spacial score (nSPS) is 19.5. The fraction of sp³-hybridized carbons (Fsp3) is 0.435. The van der Waals surface area contributed by atoms with Crippen LogP contribution in [-0.2, 0) is 11.2 Å². The van der Waals surface area contributed by atoms with E-state index in [0.29, 0.717) is 19.3 Å². The molecule has 0 bridgehead atoms. The average molecular weight is 403 g/mol. The number of nitrogens with one attached hydrogen (secondary N) is 1. The summed E-state index contributed by atoms with van der Waals surface area (Å²) < 4.78 is 7.84. The molecule has 2 aromatic heterocycles. The van der Waals surface area contributed by atoms with E-state index in [-0.39, 0.29) is 0 Å². The first-order chi connectivity index (χ1) is 14.9. The topological polar surface area (TPSA) is 68.1 Å². The third kappa shape index (κ3) is 3.00. The first kappa shape index (κ1) is 18.0. The lowest BCUT2D eigenvalue weighted by Gasteiger charge is -2.28. The Morgan fingerprint density at radius 3 is 2.80 bits per heavy atom. The molecular weight excluding hydrogens is 376 g/mol. The minimum absolute atomic E-state index is 0.429. The van der Waals surface area contributed by atoms with Crippen LogP contribution in [0.5, 0.6) is 0 Å². The Bertz CT molecular complexity index is 1110. The average Bonchev–Trinajstić information content (AvgIpc) is 3.46. The van der Waals surface area contributed by atoms with E-state index in [0.717, 1.165) is 73.8 Å². The fourth-order valence-corrected chi connectivity index (χ4v) is 4.85. The van der Waals surface area contributed by atoms with Crippen molar-refractivity contribution < 1.29 is 4.74 Å². The largest absolute Gasteiger partial charge is 0.378 e. The third-order valence-corrected chi connectivity index (χ3v) is 6.48. The number of benzene rings is 1. The summed E-state index contributed by atoms with van der Waals surface area (Å²) in [5.74, 6) is 0.788. The lowest BCUT2D eigenvalue weighted by atomic mass is 10.00. The molecule has 1 aliphatic carbocycles. The molecule has 3 aromatic rings. The Balaban J connectivity index is 1.55. The van der Waals surface area contributed by atoms with E-state index >= 15 is 0 Å². The van der Waals surface area contributed by atoms with Gasteiger partial charge in [-0.3, -0.25) is 0 Å². The van der Waals surface area contributed by atoms with E-state index < -0.39 is 0 Å². The molecule has 0 spiro atoms. The SMILES string of the molecule is C1=Cc2c(cccc2-c2nc(N3CCOCC3)nc3c2ncn3C2CCNCC2)C1. The first-order valence-corrected chi connectivity index (χ1v) is 11.0. The zero-order chi connectivity index (χ0) is 19.9. The molecule has 7 heteroatoms. The Morgan fingerprint density at radius 1 is 1.07 bits per heavy atom. The van der Waals surface area contributed by atoms with E-state index in [1.165, 1.54) is 11.1 Å². The summed E-state index contributed by atoms with van der Waals surface area (Å²) in [7, 11) is 0. The molecule has 1 N–H and O–H groups in total. The van der Waals surface area contributed by atoms with Crippen molar-refractivity contribution in [2.45, 2.75) is 25.3 Å². The molecule has 30 heavy (non-hydrogen) atoms. The highest BCUT2D eigenvalue weighted by Crippen LogP contribution is 2.35. The van der Waals surface area contributed by atoms with Gasteiger partial charge >= 0.3 is 0 Å². The Labute approximate surface area is 175 Å². The van der Waals surface area contributed by atoms with Crippen molar-refractivity contribution in [3.63, 3.8) is 0 Å². The van der Waals surface area contributed by atoms with Crippen LogP contribution in [0, 0.1) is 0 Å². The monoisotopic (exact) mass is 402 g/mol. The van der Waals surface area contributed by atoms with Crippen LogP contribution < -0.4 is 10.2 Å². The maximum absolute atomic E-state index is 5.56. The molecule has 1 aromatic carbocycles. The number of nitrogens with zero attached hydrogens (tertiary/aromatic N) is 5. The summed E-state index contributed by atoms with van der Waals surface area (Å²) in [4.78, 5) is 17.2. The molecule has 2 fully saturated rings. The molecule has 2 saturated heterocycles. The van der Waals surface area contributed by atoms with Gasteiger partial charge in [0.2, 0.25) is 5.95 Å². The number of piperidine rings is 1. The number of anilines is 1. The van der Waals surface area contributed by atoms with E-state index in [2.05, 4.69) is 45.1 Å². The van der Waals surface area contributed by atoms with Crippen molar-refractivity contribution in [1.29, 1.82) is 0 Å². The van der Waals surface area contributed by atoms with Crippen LogP contribution in [0.2, 0.25) is 0 Å². The summed E-state index contributed by atoms with van der Waals surface area (Å²) in [5, 5.41) is 3.46. The van der Waals surface area contributed by atoms with Crippen LogP contribution in [0.25, 0.3) is 28.5 Å². The van der Waals surface area contributed by atoms with Gasteiger partial charge in [-0.1, -0.05) is 30.4 Å². The van der Waals surface area contributed by atoms with Crippen LogP contribution in [0.1, 0.15) is 30.0 Å². The van der Waals surface area contributed by atoms with Gasteiger partial charge in [0.1, 0.15) is 11.2 Å². The highest BCUT2D eigenvalue weighted by atomic mass is 16.5. The number of aromatic nitrogens is 4. The van der Waals surface area contributed by atoms with E-state index in [1.807, 2.05) is 6.33 Å². The maximum atomic E-state index is 5.56. The van der Waals surface area contributed by atoms with Gasteiger partial charge < -0.3 is 19.5 Å². The van der Waals surface area contributed by atoms with Gasteiger partial charge in [0.15, 0.2) is 5.65 Å². The van der Waals surface area contributed by atoms with Gasteiger partial charge in [-0.25, -0.2) is 9.97 Å². The number of rotatable bonds is 3. The molecule has 0 atom stereocenters. The standard InChI is InChI=1S/C23H26N6O/c1-3-16-4-2-6-19(18(16)5-1)20-21-22(27-23(26-20)28-11-13-30-14-12-28)29(15-25-21)17-7-9-24-10-8-17/h1-2,4-6,15,17,24H,3,7-14H2. The molecule has 154 valence electrons. The molecule has 2 aliphatic heterocycles. The van der Waals surface area contributed by atoms with Crippen molar-refractivity contribution in [3.8, 4) is 11.3 Å². The Hall–Kier alpha value is -2.77. The molecule has 4 heterocycles. The molecule has 6 rings (SSSR count). The number of imidazole rings is 1. The highest BCUT2D eigenvalue weighted by Gasteiger charge is 2.25. The second-order valence-electron chi connectivity index (χ2n) is 8.26. The zero-order valence-corrected chi connectivity index (χ0v) is 17.0. The second kappa shape index (κ2) is 7.49. The number of fused-ring (bicyclic) bond motifs is 2. The van der Waals surface area contributed by atoms with Gasteiger partial charge in [-0.2, -0.15) is 4.98 Å². The van der Waals surface area contributed by atoms with Gasteiger partial charge in [0.05, 0.1) is 19.5 Å². The van der Waals surface area contributed by atoms with Crippen molar-refractivity contribution in [2.24, 2.45) is 0 Å². The molecule has 3 aliphatic rings. The summed E-state index contributed by atoms with van der Waals surface area (Å²) in [6.07, 6.45) is 9.60. The predicted molar refractivity (Wildman–Crippen MR) is 118 cm³/mol. The second-order valence-corrected chi connectivity index (χ2v) is 8.26. The smallest absolute Gasteiger partial charge is 0.228 e. The Kier molecular flexibility index (Phi) is 4.50. The van der Waals surface area contributed by atoms with Crippen molar-refractivity contribution in [1.82, 2.24) is 24.8 Å². The quantitative estimate of drug-likeness (QED) is 0.727. The summed E-state index contributed by atoms with van der Waals surface area (Å²) in [5.41, 5.74) is 6.57. The summed E-state index contributed by atoms with van der Waals surface area (Å²) in [6, 6.07) is 6.93. The molecule has 0 amide bonds. The van der Waals surface area contributed by atoms with Crippen LogP contribution >= 0.6 is 0 Å². The third-order valence-electron chi connectivity index (χ3n) is 6.48. The Morgan fingerprint density at radius 2 is 1.93 bits per heavy atom. The van der Waals surface area contributed by atoms with E-state index in [4.69, 9.17) is 19.7 Å². The fourth-order valence-electron chi connectivity index (χ4n) is 4.85. The zero-order valence-electron chi connectivity index (χ0n) is 17.0. The van der Waals surface area contributed by atoms with Gasteiger partial charge in [-0.15, -0.1) is 0 Å². The lowest BCUT2D eigenvalue weighted by Crippen LogP contribution is -2.37. The summed E-state index contributed by atoms with van der Waals surface area (Å²) in [6.45, 7) is 5.14. The number of hydrogen-bond acceptors (Lipinski definition) is 6.